The molecule has 1 amide bonds. The number of carboxylic acid groups (broad SMARTS) is 1. The number of amides is 1. The quantitative estimate of drug-likeness (QED) is 0.717. The van der Waals surface area contributed by atoms with Crippen molar-refractivity contribution >= 4 is 11.9 Å². The van der Waals surface area contributed by atoms with Crippen LogP contribution in [-0.2, 0) is 9.59 Å². The molecule has 0 aliphatic heterocycles. The Morgan fingerprint density at radius 3 is 2.33 bits per heavy atom. The van der Waals surface area contributed by atoms with E-state index >= 15 is 0 Å². The van der Waals surface area contributed by atoms with Gasteiger partial charge in [-0.15, -0.1) is 0 Å². The van der Waals surface area contributed by atoms with E-state index in [1.807, 2.05) is 0 Å². The fraction of sp³-hybridized carbons (Fsp3) is 0.818. The monoisotopic (exact) mass is 211 g/mol. The van der Waals surface area contributed by atoms with E-state index in [1.54, 1.807) is 0 Å². The summed E-state index contributed by atoms with van der Waals surface area (Å²) in [4.78, 5) is 22.5. The molecule has 2 rings (SSSR count). The first-order chi connectivity index (χ1) is 7.16. The average Bonchev–Trinajstić information content (AvgIpc) is 2.83. The van der Waals surface area contributed by atoms with E-state index in [9.17, 15) is 9.59 Å². The van der Waals surface area contributed by atoms with Crippen molar-refractivity contribution in [3.8, 4) is 0 Å². The molecule has 0 aromatic rings. The van der Waals surface area contributed by atoms with Crippen LogP contribution in [0.4, 0.5) is 0 Å². The molecule has 84 valence electrons. The van der Waals surface area contributed by atoms with Gasteiger partial charge in [-0.3, -0.25) is 4.79 Å². The highest BCUT2D eigenvalue weighted by Gasteiger charge is 2.33. The van der Waals surface area contributed by atoms with Gasteiger partial charge in [0, 0.05) is 5.92 Å². The van der Waals surface area contributed by atoms with Crippen molar-refractivity contribution in [1.82, 2.24) is 5.32 Å². The molecule has 2 aliphatic rings. The summed E-state index contributed by atoms with van der Waals surface area (Å²) in [5, 5.41) is 11.6. The summed E-state index contributed by atoms with van der Waals surface area (Å²) >= 11 is 0. The predicted molar refractivity (Wildman–Crippen MR) is 54.2 cm³/mol. The molecular formula is C11H17NO3. The van der Waals surface area contributed by atoms with Crippen LogP contribution in [0.15, 0.2) is 0 Å². The zero-order valence-corrected chi connectivity index (χ0v) is 8.74. The van der Waals surface area contributed by atoms with Crippen LogP contribution < -0.4 is 5.32 Å². The van der Waals surface area contributed by atoms with Gasteiger partial charge in [-0.1, -0.05) is 19.3 Å². The number of carbonyl (C=O) groups is 2. The van der Waals surface area contributed by atoms with Gasteiger partial charge in [0.2, 0.25) is 5.91 Å². The minimum atomic E-state index is -0.894. The van der Waals surface area contributed by atoms with Gasteiger partial charge in [-0.2, -0.15) is 0 Å². The molecule has 0 saturated heterocycles. The molecule has 2 fully saturated rings. The van der Waals surface area contributed by atoms with E-state index in [0.29, 0.717) is 12.3 Å². The third kappa shape index (κ3) is 2.70. The van der Waals surface area contributed by atoms with Crippen molar-refractivity contribution in [2.24, 2.45) is 11.8 Å². The van der Waals surface area contributed by atoms with Crippen LogP contribution >= 0.6 is 0 Å². The third-order valence-corrected chi connectivity index (χ3v) is 3.36. The zero-order valence-electron chi connectivity index (χ0n) is 8.74. The largest absolute Gasteiger partial charge is 0.480 e. The highest BCUT2D eigenvalue weighted by molar-refractivity contribution is 5.85. The number of nitrogens with one attached hydrogen (secondary N) is 1. The molecule has 4 nitrogen and oxygen atoms in total. The van der Waals surface area contributed by atoms with Gasteiger partial charge in [0.15, 0.2) is 0 Å². The van der Waals surface area contributed by atoms with Crippen molar-refractivity contribution in [3.63, 3.8) is 0 Å². The van der Waals surface area contributed by atoms with Crippen molar-refractivity contribution in [2.45, 2.75) is 44.6 Å². The van der Waals surface area contributed by atoms with E-state index in [2.05, 4.69) is 5.32 Å². The molecule has 0 aromatic carbocycles. The van der Waals surface area contributed by atoms with E-state index < -0.39 is 12.0 Å². The number of hydrogen-bond donors (Lipinski definition) is 2. The SMILES string of the molecule is O=C(N[C@@H](CC1CC1)C(=O)O)C1CCC1. The Labute approximate surface area is 89.0 Å². The second kappa shape index (κ2) is 4.21. The van der Waals surface area contributed by atoms with Crippen LogP contribution in [0.3, 0.4) is 0 Å². The summed E-state index contributed by atoms with van der Waals surface area (Å²) in [5.74, 6) is -0.359. The molecule has 2 saturated carbocycles. The van der Waals surface area contributed by atoms with Gasteiger partial charge in [0.25, 0.3) is 0 Å². The van der Waals surface area contributed by atoms with Crippen molar-refractivity contribution < 1.29 is 14.7 Å². The Morgan fingerprint density at radius 1 is 1.27 bits per heavy atom. The Bertz CT molecular complexity index is 269. The highest BCUT2D eigenvalue weighted by Crippen LogP contribution is 2.34. The van der Waals surface area contributed by atoms with Crippen LogP contribution in [0.5, 0.6) is 0 Å². The molecule has 0 aromatic heterocycles. The summed E-state index contributed by atoms with van der Waals surface area (Å²) < 4.78 is 0. The first-order valence-electron chi connectivity index (χ1n) is 5.70. The summed E-state index contributed by atoms with van der Waals surface area (Å²) in [5.41, 5.74) is 0. The molecule has 0 bridgehead atoms. The maximum atomic E-state index is 11.6. The van der Waals surface area contributed by atoms with E-state index in [0.717, 1.165) is 32.1 Å². The minimum Gasteiger partial charge on any atom is -0.480 e. The smallest absolute Gasteiger partial charge is 0.326 e. The maximum Gasteiger partial charge on any atom is 0.326 e. The lowest BCUT2D eigenvalue weighted by molar-refractivity contribution is -0.143. The molecule has 0 spiro atoms. The third-order valence-electron chi connectivity index (χ3n) is 3.36. The van der Waals surface area contributed by atoms with Crippen molar-refractivity contribution in [1.29, 1.82) is 0 Å². The van der Waals surface area contributed by atoms with Gasteiger partial charge < -0.3 is 10.4 Å². The van der Waals surface area contributed by atoms with Crippen molar-refractivity contribution in [2.75, 3.05) is 0 Å². The minimum absolute atomic E-state index is 0.0608. The lowest BCUT2D eigenvalue weighted by Crippen LogP contribution is -2.45. The summed E-state index contributed by atoms with van der Waals surface area (Å²) in [7, 11) is 0. The number of carboxylic acids is 1. The lowest BCUT2D eigenvalue weighted by atomic mass is 9.84. The lowest BCUT2D eigenvalue weighted by Gasteiger charge is -2.26. The molecule has 0 unspecified atom stereocenters. The standard InChI is InChI=1S/C11H17NO3/c13-10(8-2-1-3-8)12-9(11(14)15)6-7-4-5-7/h7-9H,1-6H2,(H,12,13)(H,14,15)/t9-/m0/s1. The van der Waals surface area contributed by atoms with E-state index in [-0.39, 0.29) is 11.8 Å². The molecule has 0 heterocycles. The van der Waals surface area contributed by atoms with Crippen LogP contribution in [0.1, 0.15) is 38.5 Å². The van der Waals surface area contributed by atoms with Gasteiger partial charge in [-0.05, 0) is 25.2 Å². The Kier molecular flexibility index (Phi) is 2.93. The maximum absolute atomic E-state index is 11.6. The molecule has 15 heavy (non-hydrogen) atoms. The first kappa shape index (κ1) is 10.5. The first-order valence-corrected chi connectivity index (χ1v) is 5.70. The average molecular weight is 211 g/mol. The van der Waals surface area contributed by atoms with Gasteiger partial charge in [0.05, 0.1) is 0 Å². The van der Waals surface area contributed by atoms with E-state index in [4.69, 9.17) is 5.11 Å². The number of rotatable bonds is 5. The van der Waals surface area contributed by atoms with Crippen LogP contribution in [-0.4, -0.2) is 23.0 Å². The fourth-order valence-corrected chi connectivity index (χ4v) is 1.87. The van der Waals surface area contributed by atoms with Crippen molar-refractivity contribution in [3.05, 3.63) is 0 Å². The fourth-order valence-electron chi connectivity index (χ4n) is 1.87. The highest BCUT2D eigenvalue weighted by atomic mass is 16.4. The number of carbonyl (C=O) groups excluding carboxylic acids is 1. The van der Waals surface area contributed by atoms with Gasteiger partial charge in [0.1, 0.15) is 6.04 Å². The molecule has 2 aliphatic carbocycles. The summed E-state index contributed by atoms with van der Waals surface area (Å²) in [6.07, 6.45) is 5.77. The van der Waals surface area contributed by atoms with Crippen LogP contribution in [0, 0.1) is 11.8 Å². The Morgan fingerprint density at radius 2 is 1.93 bits per heavy atom. The second-order valence-electron chi connectivity index (χ2n) is 4.71. The number of hydrogen-bond acceptors (Lipinski definition) is 2. The Hall–Kier alpha value is -1.06. The zero-order chi connectivity index (χ0) is 10.8. The van der Waals surface area contributed by atoms with Crippen LogP contribution in [0.25, 0.3) is 0 Å². The van der Waals surface area contributed by atoms with Crippen LogP contribution in [0.2, 0.25) is 0 Å². The summed E-state index contributed by atoms with van der Waals surface area (Å²) in [6, 6.07) is -0.661. The molecular weight excluding hydrogens is 194 g/mol. The summed E-state index contributed by atoms with van der Waals surface area (Å²) in [6.45, 7) is 0. The topological polar surface area (TPSA) is 66.4 Å². The molecule has 1 atom stereocenters. The Balaban J connectivity index is 1.81. The molecule has 4 heteroatoms. The molecule has 2 N–H and O–H groups in total. The second-order valence-corrected chi connectivity index (χ2v) is 4.71. The molecule has 0 radical (unpaired) electrons. The van der Waals surface area contributed by atoms with Gasteiger partial charge >= 0.3 is 5.97 Å². The van der Waals surface area contributed by atoms with E-state index in [1.165, 1.54) is 0 Å². The normalized spacial score (nSPS) is 22.9. The predicted octanol–water partition coefficient (Wildman–Crippen LogP) is 1.16. The number of aliphatic carboxylic acids is 1. The van der Waals surface area contributed by atoms with Gasteiger partial charge in [-0.25, -0.2) is 4.79 Å².